The minimum absolute atomic E-state index is 0.0851. The zero-order chi connectivity index (χ0) is 21.3. The van der Waals surface area contributed by atoms with Crippen molar-refractivity contribution in [1.29, 1.82) is 0 Å². The molecule has 1 atom stereocenters. The summed E-state index contributed by atoms with van der Waals surface area (Å²) in [6.45, 7) is 1.84. The van der Waals surface area contributed by atoms with Gasteiger partial charge in [0.05, 0.1) is 7.11 Å². The van der Waals surface area contributed by atoms with E-state index in [0.29, 0.717) is 24.1 Å². The van der Waals surface area contributed by atoms with Crippen LogP contribution in [0.5, 0.6) is 0 Å². The molecule has 1 aliphatic rings. The van der Waals surface area contributed by atoms with Crippen LogP contribution in [-0.2, 0) is 26.6 Å². The van der Waals surface area contributed by atoms with Crippen molar-refractivity contribution in [3.8, 4) is 0 Å². The Labute approximate surface area is 168 Å². The Hall–Kier alpha value is -2.72. The fourth-order valence-electron chi connectivity index (χ4n) is 3.39. The molecule has 0 saturated carbocycles. The molecular weight excluding hydrogens is 401 g/mol. The predicted molar refractivity (Wildman–Crippen MR) is 103 cm³/mol. The number of hydrogen-bond acceptors (Lipinski definition) is 5. The summed E-state index contributed by atoms with van der Waals surface area (Å²) in [5.74, 6) is -1.56. The second-order valence-electron chi connectivity index (χ2n) is 6.89. The Balaban J connectivity index is 1.85. The second-order valence-corrected chi connectivity index (χ2v) is 8.78. The number of rotatable bonds is 5. The number of halogens is 1. The lowest BCUT2D eigenvalue weighted by Crippen LogP contribution is -2.43. The fourth-order valence-corrected chi connectivity index (χ4v) is 5.12. The number of aromatic nitrogens is 1. The third-order valence-corrected chi connectivity index (χ3v) is 6.81. The molecule has 0 spiro atoms. The maximum Gasteiger partial charge on any atom is 0.354 e. The summed E-state index contributed by atoms with van der Waals surface area (Å²) in [6, 6.07) is 4.29. The van der Waals surface area contributed by atoms with Gasteiger partial charge in [-0.05, 0) is 49.6 Å². The quantitative estimate of drug-likeness (QED) is 0.743. The van der Waals surface area contributed by atoms with E-state index in [1.807, 2.05) is 0 Å². The molecule has 1 amide bonds. The SMILES string of the molecule is COC(=O)c1cc(S(=O)(=O)N2CCC[C@H]2C(=O)Nc2ccc(F)cc2C)cn1C. The summed E-state index contributed by atoms with van der Waals surface area (Å²) in [7, 11) is -1.25. The number of ether oxygens (including phenoxy) is 1. The first-order chi connectivity index (χ1) is 13.6. The lowest BCUT2D eigenvalue weighted by molar-refractivity contribution is -0.119. The molecule has 8 nitrogen and oxygen atoms in total. The molecule has 1 aromatic carbocycles. The van der Waals surface area contributed by atoms with Crippen LogP contribution in [0.4, 0.5) is 10.1 Å². The molecular formula is C19H22FN3O5S. The standard InChI is InChI=1S/C19H22FN3O5S/c1-12-9-13(20)6-7-15(12)21-18(24)16-5-4-8-23(16)29(26,27)14-10-17(19(25)28-3)22(2)11-14/h6-7,9-11,16H,4-5,8H2,1-3H3,(H,21,24)/t16-/m0/s1. The molecule has 1 fully saturated rings. The molecule has 29 heavy (non-hydrogen) atoms. The molecule has 2 heterocycles. The van der Waals surface area contributed by atoms with Gasteiger partial charge < -0.3 is 14.6 Å². The van der Waals surface area contributed by atoms with Crippen LogP contribution < -0.4 is 5.32 Å². The van der Waals surface area contributed by atoms with Crippen molar-refractivity contribution < 1.29 is 27.1 Å². The number of nitrogens with zero attached hydrogens (tertiary/aromatic N) is 2. The number of carbonyl (C=O) groups excluding carboxylic acids is 2. The van der Waals surface area contributed by atoms with Gasteiger partial charge in [-0.25, -0.2) is 17.6 Å². The van der Waals surface area contributed by atoms with Crippen molar-refractivity contribution in [1.82, 2.24) is 8.87 Å². The van der Waals surface area contributed by atoms with Gasteiger partial charge in [0.2, 0.25) is 15.9 Å². The van der Waals surface area contributed by atoms with E-state index in [1.54, 1.807) is 6.92 Å². The smallest absolute Gasteiger partial charge is 0.354 e. The summed E-state index contributed by atoms with van der Waals surface area (Å²) in [5.41, 5.74) is 1.05. The number of benzene rings is 1. The number of amides is 1. The van der Waals surface area contributed by atoms with E-state index in [-0.39, 0.29) is 17.1 Å². The first kappa shape index (κ1) is 21.0. The van der Waals surface area contributed by atoms with Gasteiger partial charge in [-0.1, -0.05) is 0 Å². The highest BCUT2D eigenvalue weighted by Gasteiger charge is 2.40. The van der Waals surface area contributed by atoms with Crippen LogP contribution in [-0.4, -0.2) is 48.9 Å². The van der Waals surface area contributed by atoms with E-state index in [1.165, 1.54) is 49.2 Å². The maximum absolute atomic E-state index is 13.3. The zero-order valence-electron chi connectivity index (χ0n) is 16.3. The average molecular weight is 423 g/mol. The van der Waals surface area contributed by atoms with Crippen molar-refractivity contribution in [2.45, 2.75) is 30.7 Å². The predicted octanol–water partition coefficient (Wildman–Crippen LogP) is 2.05. The molecule has 10 heteroatoms. The third kappa shape index (κ3) is 4.03. The van der Waals surface area contributed by atoms with Gasteiger partial charge in [-0.15, -0.1) is 0 Å². The van der Waals surface area contributed by atoms with E-state index in [0.717, 1.165) is 4.31 Å². The van der Waals surface area contributed by atoms with Gasteiger partial charge in [-0.2, -0.15) is 4.31 Å². The topological polar surface area (TPSA) is 97.7 Å². The fraction of sp³-hybridized carbons (Fsp3) is 0.368. The molecule has 0 bridgehead atoms. The van der Waals surface area contributed by atoms with Crippen LogP contribution in [0.2, 0.25) is 0 Å². The normalized spacial score (nSPS) is 17.3. The van der Waals surface area contributed by atoms with Crippen LogP contribution in [0.3, 0.4) is 0 Å². The highest BCUT2D eigenvalue weighted by molar-refractivity contribution is 7.89. The largest absolute Gasteiger partial charge is 0.464 e. The minimum atomic E-state index is -4.00. The summed E-state index contributed by atoms with van der Waals surface area (Å²) in [5, 5.41) is 2.69. The number of nitrogens with one attached hydrogen (secondary N) is 1. The molecule has 0 unspecified atom stereocenters. The third-order valence-electron chi connectivity index (χ3n) is 4.93. The van der Waals surface area contributed by atoms with E-state index in [9.17, 15) is 22.4 Å². The Morgan fingerprint density at radius 1 is 1.28 bits per heavy atom. The summed E-state index contributed by atoms with van der Waals surface area (Å²) >= 11 is 0. The monoisotopic (exact) mass is 423 g/mol. The zero-order valence-corrected chi connectivity index (χ0v) is 17.1. The number of anilines is 1. The molecule has 1 aliphatic heterocycles. The van der Waals surface area contributed by atoms with Gasteiger partial charge in [0.1, 0.15) is 22.4 Å². The van der Waals surface area contributed by atoms with Crippen LogP contribution >= 0.6 is 0 Å². The van der Waals surface area contributed by atoms with Crippen molar-refractivity contribution in [2.75, 3.05) is 19.0 Å². The van der Waals surface area contributed by atoms with Crippen LogP contribution in [0.25, 0.3) is 0 Å². The van der Waals surface area contributed by atoms with Crippen LogP contribution in [0.15, 0.2) is 35.4 Å². The molecule has 156 valence electrons. The lowest BCUT2D eigenvalue weighted by atomic mass is 10.1. The Morgan fingerprint density at radius 2 is 2.00 bits per heavy atom. The van der Waals surface area contributed by atoms with Gasteiger partial charge in [0.25, 0.3) is 0 Å². The molecule has 1 saturated heterocycles. The first-order valence-corrected chi connectivity index (χ1v) is 10.4. The van der Waals surface area contributed by atoms with Crippen LogP contribution in [0.1, 0.15) is 28.9 Å². The Kier molecular flexibility index (Phi) is 5.76. The molecule has 1 N–H and O–H groups in total. The number of carbonyl (C=O) groups is 2. The highest BCUT2D eigenvalue weighted by atomic mass is 32.2. The number of sulfonamides is 1. The van der Waals surface area contributed by atoms with Gasteiger partial charge >= 0.3 is 5.97 Å². The Morgan fingerprint density at radius 3 is 2.66 bits per heavy atom. The van der Waals surface area contributed by atoms with Gasteiger partial charge in [0.15, 0.2) is 0 Å². The summed E-state index contributed by atoms with van der Waals surface area (Å²) in [4.78, 5) is 24.5. The van der Waals surface area contributed by atoms with E-state index < -0.39 is 33.8 Å². The minimum Gasteiger partial charge on any atom is -0.464 e. The summed E-state index contributed by atoms with van der Waals surface area (Å²) < 4.78 is 46.7. The second kappa shape index (κ2) is 7.96. The molecule has 1 aromatic heterocycles. The van der Waals surface area contributed by atoms with E-state index in [4.69, 9.17) is 0 Å². The molecule has 0 radical (unpaired) electrons. The molecule has 0 aliphatic carbocycles. The number of methoxy groups -OCH3 is 1. The van der Waals surface area contributed by atoms with Crippen molar-refractivity contribution in [2.24, 2.45) is 7.05 Å². The molecule has 2 aromatic rings. The van der Waals surface area contributed by atoms with E-state index >= 15 is 0 Å². The lowest BCUT2D eigenvalue weighted by Gasteiger charge is -2.23. The summed E-state index contributed by atoms with van der Waals surface area (Å²) in [6.07, 6.45) is 2.21. The van der Waals surface area contributed by atoms with Crippen LogP contribution in [0, 0.1) is 12.7 Å². The van der Waals surface area contributed by atoms with Gasteiger partial charge in [0, 0.05) is 25.5 Å². The van der Waals surface area contributed by atoms with E-state index in [2.05, 4.69) is 10.1 Å². The van der Waals surface area contributed by atoms with Crippen molar-refractivity contribution >= 4 is 27.6 Å². The molecule has 3 rings (SSSR count). The van der Waals surface area contributed by atoms with Crippen molar-refractivity contribution in [3.05, 3.63) is 47.5 Å². The van der Waals surface area contributed by atoms with Gasteiger partial charge in [-0.3, -0.25) is 4.79 Å². The number of esters is 1. The Bertz CT molecular complexity index is 1060. The highest BCUT2D eigenvalue weighted by Crippen LogP contribution is 2.28. The number of aryl methyl sites for hydroxylation is 2. The number of hydrogen-bond donors (Lipinski definition) is 1. The maximum atomic E-state index is 13.3. The van der Waals surface area contributed by atoms with Crippen molar-refractivity contribution in [3.63, 3.8) is 0 Å². The average Bonchev–Trinajstić information content (AvgIpc) is 3.31. The first-order valence-electron chi connectivity index (χ1n) is 8.98.